The van der Waals surface area contributed by atoms with Crippen LogP contribution in [0.3, 0.4) is 0 Å². The van der Waals surface area contributed by atoms with Crippen molar-refractivity contribution in [2.75, 3.05) is 6.54 Å². The number of halogens is 1. The number of rotatable bonds is 0. The van der Waals surface area contributed by atoms with Crippen LogP contribution < -0.4 is 5.32 Å². The number of aliphatic hydroxyl groups excluding tert-OH is 1. The molecule has 0 saturated carbocycles. The van der Waals surface area contributed by atoms with E-state index in [1.54, 1.807) is 16.8 Å². The molecule has 0 fully saturated rings. The number of nitrogens with zero attached hydrogens (tertiary/aromatic N) is 1. The number of β-amino-alcohol motifs (C(OH)–C–C–N with tert-alkyl or cyclic N) is 1. The molecular formula is C8H9BrN2O2. The summed E-state index contributed by atoms with van der Waals surface area (Å²) >= 11 is 3.28. The van der Waals surface area contributed by atoms with Crippen LogP contribution in [0.2, 0.25) is 0 Å². The fourth-order valence-electron chi connectivity index (χ4n) is 1.41. The summed E-state index contributed by atoms with van der Waals surface area (Å²) in [5.74, 6) is -0.137. The predicted molar refractivity (Wildman–Crippen MR) is 50.5 cm³/mol. The molecule has 0 unspecified atom stereocenters. The summed E-state index contributed by atoms with van der Waals surface area (Å²) in [5.41, 5.74) is 0.587. The average molecular weight is 245 g/mol. The molecule has 13 heavy (non-hydrogen) atoms. The zero-order valence-electron chi connectivity index (χ0n) is 6.83. The maximum absolute atomic E-state index is 11.4. The highest BCUT2D eigenvalue weighted by molar-refractivity contribution is 9.10. The van der Waals surface area contributed by atoms with E-state index in [2.05, 4.69) is 21.2 Å². The van der Waals surface area contributed by atoms with E-state index in [-0.39, 0.29) is 5.91 Å². The van der Waals surface area contributed by atoms with Gasteiger partial charge < -0.3 is 15.0 Å². The van der Waals surface area contributed by atoms with Crippen LogP contribution in [0.15, 0.2) is 16.7 Å². The monoisotopic (exact) mass is 244 g/mol. The summed E-state index contributed by atoms with van der Waals surface area (Å²) < 4.78 is 2.60. The average Bonchev–Trinajstić information content (AvgIpc) is 2.37. The number of amides is 1. The highest BCUT2D eigenvalue weighted by Crippen LogP contribution is 2.16. The van der Waals surface area contributed by atoms with Gasteiger partial charge in [-0.3, -0.25) is 4.79 Å². The third-order valence-corrected chi connectivity index (χ3v) is 2.44. The van der Waals surface area contributed by atoms with E-state index in [1.165, 1.54) is 0 Å². The van der Waals surface area contributed by atoms with Crippen molar-refractivity contribution in [3.05, 3.63) is 22.4 Å². The Hall–Kier alpha value is -0.810. The molecule has 5 heteroatoms. The maximum Gasteiger partial charge on any atom is 0.268 e. The van der Waals surface area contributed by atoms with Gasteiger partial charge in [0.2, 0.25) is 0 Å². The van der Waals surface area contributed by atoms with Gasteiger partial charge in [-0.05, 0) is 22.0 Å². The molecule has 0 bridgehead atoms. The molecule has 2 N–H and O–H groups in total. The molecule has 0 saturated heterocycles. The topological polar surface area (TPSA) is 54.3 Å². The molecule has 0 radical (unpaired) electrons. The Morgan fingerprint density at radius 2 is 2.46 bits per heavy atom. The zero-order valence-corrected chi connectivity index (χ0v) is 8.41. The number of hydrogen-bond acceptors (Lipinski definition) is 2. The van der Waals surface area contributed by atoms with Crippen LogP contribution in [0.1, 0.15) is 10.5 Å². The molecule has 1 aliphatic rings. The van der Waals surface area contributed by atoms with Crippen LogP contribution in [0.5, 0.6) is 0 Å². The lowest BCUT2D eigenvalue weighted by Crippen LogP contribution is -2.29. The third-order valence-electron chi connectivity index (χ3n) is 2.00. The summed E-state index contributed by atoms with van der Waals surface area (Å²) in [5, 5.41) is 12.0. The largest absolute Gasteiger partial charge is 0.389 e. The molecule has 4 nitrogen and oxygen atoms in total. The first-order chi connectivity index (χ1) is 6.16. The molecule has 0 aromatic carbocycles. The van der Waals surface area contributed by atoms with E-state index in [0.717, 1.165) is 4.47 Å². The fourth-order valence-corrected chi connectivity index (χ4v) is 1.87. The number of hydrogen-bond donors (Lipinski definition) is 2. The molecule has 1 amide bonds. The smallest absolute Gasteiger partial charge is 0.268 e. The van der Waals surface area contributed by atoms with Crippen molar-refractivity contribution in [3.8, 4) is 0 Å². The minimum Gasteiger partial charge on any atom is -0.389 e. The summed E-state index contributed by atoms with van der Waals surface area (Å²) in [7, 11) is 0. The van der Waals surface area contributed by atoms with Crippen molar-refractivity contribution in [3.63, 3.8) is 0 Å². The van der Waals surface area contributed by atoms with E-state index >= 15 is 0 Å². The Labute approximate surface area is 83.7 Å². The Morgan fingerprint density at radius 1 is 1.69 bits per heavy atom. The van der Waals surface area contributed by atoms with E-state index in [1.807, 2.05) is 0 Å². The second kappa shape index (κ2) is 3.16. The van der Waals surface area contributed by atoms with Gasteiger partial charge >= 0.3 is 0 Å². The predicted octanol–water partition coefficient (Wildman–Crippen LogP) is 0.355. The third kappa shape index (κ3) is 1.62. The van der Waals surface area contributed by atoms with Crippen LogP contribution in [0.25, 0.3) is 0 Å². The van der Waals surface area contributed by atoms with Crippen LogP contribution in [-0.2, 0) is 6.54 Å². The number of carbonyl (C=O) groups excluding carboxylic acids is 1. The summed E-state index contributed by atoms with van der Waals surface area (Å²) in [6.45, 7) is 0.776. The maximum atomic E-state index is 11.4. The van der Waals surface area contributed by atoms with Gasteiger partial charge in [-0.1, -0.05) is 0 Å². The van der Waals surface area contributed by atoms with E-state index in [9.17, 15) is 9.90 Å². The van der Waals surface area contributed by atoms with Crippen LogP contribution in [-0.4, -0.2) is 28.2 Å². The van der Waals surface area contributed by atoms with Crippen molar-refractivity contribution in [2.24, 2.45) is 0 Å². The summed E-state index contributed by atoms with van der Waals surface area (Å²) in [6.07, 6.45) is 1.29. The zero-order chi connectivity index (χ0) is 9.42. The molecule has 70 valence electrons. The normalized spacial score (nSPS) is 22.0. The molecular weight excluding hydrogens is 236 g/mol. The second-order valence-corrected chi connectivity index (χ2v) is 3.98. The molecule has 1 aromatic rings. The molecule has 2 rings (SSSR count). The standard InChI is InChI=1S/C8H9BrN2O2/c9-5-1-7-8(13)10-2-6(12)4-11(7)3-5/h1,3,6,12H,2,4H2,(H,10,13)/t6-/m1/s1. The van der Waals surface area contributed by atoms with Crippen LogP contribution >= 0.6 is 15.9 Å². The first-order valence-corrected chi connectivity index (χ1v) is 4.78. The molecule has 0 spiro atoms. The van der Waals surface area contributed by atoms with Crippen molar-refractivity contribution in [1.82, 2.24) is 9.88 Å². The minimum atomic E-state index is -0.510. The number of aromatic nitrogens is 1. The molecule has 1 atom stereocenters. The van der Waals surface area contributed by atoms with Crippen molar-refractivity contribution < 1.29 is 9.90 Å². The lowest BCUT2D eigenvalue weighted by Gasteiger charge is -2.06. The van der Waals surface area contributed by atoms with Gasteiger partial charge in [-0.2, -0.15) is 0 Å². The Morgan fingerprint density at radius 3 is 3.23 bits per heavy atom. The Kier molecular flexibility index (Phi) is 2.13. The van der Waals surface area contributed by atoms with Gasteiger partial charge in [-0.15, -0.1) is 0 Å². The van der Waals surface area contributed by atoms with Gasteiger partial charge in [-0.25, -0.2) is 0 Å². The molecule has 1 aromatic heterocycles. The van der Waals surface area contributed by atoms with E-state index in [4.69, 9.17) is 0 Å². The quantitative estimate of drug-likeness (QED) is 0.693. The van der Waals surface area contributed by atoms with Gasteiger partial charge in [0, 0.05) is 17.2 Å². The first kappa shape index (κ1) is 8.77. The number of fused-ring (bicyclic) bond motifs is 1. The number of nitrogens with one attached hydrogen (secondary N) is 1. The molecule has 1 aliphatic heterocycles. The highest BCUT2D eigenvalue weighted by Gasteiger charge is 2.19. The van der Waals surface area contributed by atoms with Gasteiger partial charge in [0.1, 0.15) is 5.69 Å². The van der Waals surface area contributed by atoms with Crippen molar-refractivity contribution in [2.45, 2.75) is 12.6 Å². The van der Waals surface area contributed by atoms with Gasteiger partial charge in [0.15, 0.2) is 0 Å². The second-order valence-electron chi connectivity index (χ2n) is 3.06. The van der Waals surface area contributed by atoms with E-state index in [0.29, 0.717) is 18.8 Å². The summed E-state index contributed by atoms with van der Waals surface area (Å²) in [6, 6.07) is 1.74. The Balaban J connectivity index is 2.42. The minimum absolute atomic E-state index is 0.137. The fraction of sp³-hybridized carbons (Fsp3) is 0.375. The summed E-state index contributed by atoms with van der Waals surface area (Å²) in [4.78, 5) is 11.4. The highest BCUT2D eigenvalue weighted by atomic mass is 79.9. The molecule has 0 aliphatic carbocycles. The number of aliphatic hydroxyl groups is 1. The molecule has 2 heterocycles. The van der Waals surface area contributed by atoms with Gasteiger partial charge in [0.05, 0.1) is 12.6 Å². The lowest BCUT2D eigenvalue weighted by molar-refractivity contribution is 0.0931. The van der Waals surface area contributed by atoms with Crippen LogP contribution in [0, 0.1) is 0 Å². The lowest BCUT2D eigenvalue weighted by atomic mass is 10.3. The van der Waals surface area contributed by atoms with E-state index < -0.39 is 6.10 Å². The Bertz CT molecular complexity index is 348. The first-order valence-electron chi connectivity index (χ1n) is 3.99. The van der Waals surface area contributed by atoms with Crippen LogP contribution in [0.4, 0.5) is 0 Å². The SMILES string of the molecule is O=C1NC[C@@H](O)Cn2cc(Br)cc21. The van der Waals surface area contributed by atoms with Crippen molar-refractivity contribution >= 4 is 21.8 Å². The number of carbonyl (C=O) groups is 1. The van der Waals surface area contributed by atoms with Crippen molar-refractivity contribution in [1.29, 1.82) is 0 Å². The van der Waals surface area contributed by atoms with Gasteiger partial charge in [0.25, 0.3) is 5.91 Å².